The lowest BCUT2D eigenvalue weighted by Crippen LogP contribution is -2.04. The van der Waals surface area contributed by atoms with Gasteiger partial charge in [0.05, 0.1) is 88.6 Å². The van der Waals surface area contributed by atoms with Crippen molar-refractivity contribution >= 4 is 153 Å². The van der Waals surface area contributed by atoms with Crippen molar-refractivity contribution in [2.24, 2.45) is 0 Å². The maximum atomic E-state index is 5.45. The van der Waals surface area contributed by atoms with E-state index >= 15 is 0 Å². The van der Waals surface area contributed by atoms with Gasteiger partial charge in [0.2, 0.25) is 11.9 Å². The van der Waals surface area contributed by atoms with Crippen LogP contribution in [0.2, 0.25) is 0 Å². The van der Waals surface area contributed by atoms with E-state index in [0.29, 0.717) is 11.9 Å². The predicted molar refractivity (Wildman–Crippen MR) is 480 cm³/mol. The molecule has 8 heterocycles. The van der Waals surface area contributed by atoms with Crippen LogP contribution >= 0.6 is 0 Å². The minimum absolute atomic E-state index is 0.630. The minimum Gasteiger partial charge on any atom is -0.309 e. The van der Waals surface area contributed by atoms with Crippen molar-refractivity contribution in [3.05, 3.63) is 388 Å². The Balaban J connectivity index is 0.594. The maximum absolute atomic E-state index is 5.45. The lowest BCUT2D eigenvalue weighted by molar-refractivity contribution is 1.01. The lowest BCUT2D eigenvalue weighted by Gasteiger charge is -2.13. The normalized spacial score (nSPS) is 12.1. The molecule has 116 heavy (non-hydrogen) atoms. The van der Waals surface area contributed by atoms with Crippen molar-refractivity contribution < 1.29 is 0 Å². The van der Waals surface area contributed by atoms with Crippen LogP contribution in [0.4, 0.5) is 0 Å². The van der Waals surface area contributed by atoms with Gasteiger partial charge in [-0.15, -0.1) is 0 Å². The van der Waals surface area contributed by atoms with Gasteiger partial charge in [0.25, 0.3) is 0 Å². The third kappa shape index (κ3) is 9.40. The molecule has 8 aromatic heterocycles. The van der Waals surface area contributed by atoms with Crippen molar-refractivity contribution in [2.45, 2.75) is 0 Å². The zero-order valence-electron chi connectivity index (χ0n) is 62.4. The largest absolute Gasteiger partial charge is 0.309 e. The molecule has 0 aliphatic rings. The van der Waals surface area contributed by atoms with Gasteiger partial charge in [-0.2, -0.15) is 0 Å². The molecule has 0 spiro atoms. The summed E-state index contributed by atoms with van der Waals surface area (Å²) < 4.78 is 14.3. The van der Waals surface area contributed by atoms with Crippen molar-refractivity contribution in [1.29, 1.82) is 0 Å². The molecule has 10 nitrogen and oxygen atoms in total. The first-order chi connectivity index (χ1) is 57.6. The van der Waals surface area contributed by atoms with Crippen LogP contribution < -0.4 is 0 Å². The Morgan fingerprint density at radius 3 is 0.879 bits per heavy atom. The molecular weight excluding hydrogens is 1410 g/mol. The molecule has 0 N–H and O–H groups in total. The highest BCUT2D eigenvalue weighted by molar-refractivity contribution is 6.31. The summed E-state index contributed by atoms with van der Waals surface area (Å²) in [4.78, 5) is 21.6. The highest BCUT2D eigenvalue weighted by Gasteiger charge is 2.27. The summed E-state index contributed by atoms with van der Waals surface area (Å²) in [6.07, 6.45) is 0. The zero-order chi connectivity index (χ0) is 75.8. The summed E-state index contributed by atoms with van der Waals surface area (Å²) in [7, 11) is 0. The van der Waals surface area contributed by atoms with Gasteiger partial charge in [-0.05, 0) is 144 Å². The molecule has 538 valence electrons. The van der Waals surface area contributed by atoms with E-state index in [1.54, 1.807) is 0 Å². The molecule has 0 saturated carbocycles. The Labute approximate surface area is 663 Å². The second-order valence-corrected chi connectivity index (χ2v) is 30.4. The summed E-state index contributed by atoms with van der Waals surface area (Å²) in [6, 6.07) is 141. The van der Waals surface area contributed by atoms with Gasteiger partial charge in [-0.3, -0.25) is 9.13 Å². The van der Waals surface area contributed by atoms with Crippen molar-refractivity contribution in [3.8, 4) is 79.4 Å². The number of rotatable bonds is 10. The van der Waals surface area contributed by atoms with Crippen LogP contribution in [-0.2, 0) is 0 Å². The molecule has 0 atom stereocenters. The number of hydrogen-bond acceptors (Lipinski definition) is 4. The van der Waals surface area contributed by atoms with Crippen molar-refractivity contribution in [2.75, 3.05) is 0 Å². The first-order valence-electron chi connectivity index (χ1n) is 39.5. The molecule has 0 radical (unpaired) electrons. The van der Waals surface area contributed by atoms with Gasteiger partial charge in [-0.1, -0.05) is 267 Å². The van der Waals surface area contributed by atoms with E-state index in [1.165, 1.54) is 43.1 Å². The van der Waals surface area contributed by atoms with E-state index in [4.69, 9.17) is 19.9 Å². The van der Waals surface area contributed by atoms with Crippen molar-refractivity contribution in [1.82, 2.24) is 47.3 Å². The molecule has 0 amide bonds. The summed E-state index contributed by atoms with van der Waals surface area (Å²) in [5, 5.41) is 16.2. The molecule has 0 aliphatic heterocycles. The first kappa shape index (κ1) is 63.9. The van der Waals surface area contributed by atoms with Crippen LogP contribution in [0.15, 0.2) is 388 Å². The first-order valence-corrected chi connectivity index (χ1v) is 39.5. The Morgan fingerprint density at radius 2 is 0.440 bits per heavy atom. The number of fused-ring (bicyclic) bond motifs is 22. The molecule has 17 aromatic carbocycles. The van der Waals surface area contributed by atoms with E-state index in [0.717, 1.165) is 177 Å². The number of benzene rings is 17. The Morgan fingerprint density at radius 1 is 0.147 bits per heavy atom. The van der Waals surface area contributed by atoms with Crippen LogP contribution in [0.3, 0.4) is 0 Å². The molecule has 0 aliphatic carbocycles. The minimum atomic E-state index is 0.630. The molecular formula is C106H64N10. The molecule has 0 bridgehead atoms. The summed E-state index contributed by atoms with van der Waals surface area (Å²) in [6.45, 7) is 0. The predicted octanol–water partition coefficient (Wildman–Crippen LogP) is 26.8. The average molecular weight is 1480 g/mol. The van der Waals surface area contributed by atoms with E-state index in [-0.39, 0.29) is 0 Å². The molecule has 0 saturated heterocycles. The SMILES string of the molecule is c1ccc(-c2nc(-n3c4ccccc4c4ccc(-n5c6ccccc6c6c7c8ccccc8n(-c8cccc(-c9ccc(-c%10ccc%11c%12c%13c%14ccccc%14n(-c%14ccc%15c%16ccccc%16n(-c%16nc(-c%17ccccc%17)c%17ccccc%17n%16)c%15c%14)c%13ccc%12n(-c%12ccccc%12)c%11c%10)cc9)c8)c7ccc65)cc43)nc3ccccc23)cc1. The molecule has 25 aromatic rings. The fraction of sp³-hybridized carbons (Fsp3) is 0. The van der Waals surface area contributed by atoms with Crippen molar-refractivity contribution in [3.63, 3.8) is 0 Å². The molecule has 10 heteroatoms. The standard InChI is InChI=1S/C106H64N10/c1-4-25-67(26-5-1)103-79-35-10-17-40-85(79)107-105(109-103)115-87-42-19-12-33-75(87)77-55-52-73(63-97(77)115)113-90-45-22-15-38-82(90)100-94(113)60-59-93-99(100)81-37-14-21-44-89(81)112(93)72-32-24-29-69(61-72)65-47-49-66(50-48-65)70-51-54-84-96(62-70)111(71-30-8-3-9-31-71)92-57-58-95-101(102(84)92)83-39-16-23-46-91(83)114(95)74-53-56-78-76-34-13-20-43-88(76)116(98(78)64-74)106-108-86-41-18-11-36-80(86)104(110-106)68-27-6-2-7-28-68/h1-64H. The fourth-order valence-electron chi connectivity index (χ4n) is 19.2. The maximum Gasteiger partial charge on any atom is 0.235 e. The average Bonchev–Trinajstić information content (AvgIpc) is 1.54. The van der Waals surface area contributed by atoms with Crippen LogP contribution in [0.5, 0.6) is 0 Å². The van der Waals surface area contributed by atoms with Gasteiger partial charge in [0.1, 0.15) is 0 Å². The van der Waals surface area contributed by atoms with Gasteiger partial charge in [-0.25, -0.2) is 19.9 Å². The Bertz CT molecular complexity index is 8450. The third-order valence-electron chi connectivity index (χ3n) is 24.2. The highest BCUT2D eigenvalue weighted by atomic mass is 15.2. The number of aromatic nitrogens is 10. The van der Waals surface area contributed by atoms with E-state index in [1.807, 2.05) is 0 Å². The van der Waals surface area contributed by atoms with Gasteiger partial charge in [0.15, 0.2) is 0 Å². The second-order valence-electron chi connectivity index (χ2n) is 30.4. The number of para-hydroxylation sites is 8. The summed E-state index contributed by atoms with van der Waals surface area (Å²) in [5.74, 6) is 1.26. The van der Waals surface area contributed by atoms with Crippen LogP contribution in [0.1, 0.15) is 0 Å². The highest BCUT2D eigenvalue weighted by Crippen LogP contribution is 2.48. The third-order valence-corrected chi connectivity index (χ3v) is 24.2. The quantitative estimate of drug-likeness (QED) is 0.137. The summed E-state index contributed by atoms with van der Waals surface area (Å²) >= 11 is 0. The van der Waals surface area contributed by atoms with Crippen LogP contribution in [0, 0.1) is 0 Å². The zero-order valence-corrected chi connectivity index (χ0v) is 62.4. The number of nitrogens with zero attached hydrogens (tertiary/aromatic N) is 10. The van der Waals surface area contributed by atoms with Crippen LogP contribution in [0.25, 0.3) is 232 Å². The summed E-state index contributed by atoms with van der Waals surface area (Å²) in [5.41, 5.74) is 27.8. The van der Waals surface area contributed by atoms with Gasteiger partial charge in [0, 0.05) is 109 Å². The molecule has 0 unspecified atom stereocenters. The molecule has 0 fully saturated rings. The second kappa shape index (κ2) is 24.9. The van der Waals surface area contributed by atoms with Crippen LogP contribution in [-0.4, -0.2) is 47.3 Å². The Kier molecular flexibility index (Phi) is 13.7. The molecule has 25 rings (SSSR count). The fourth-order valence-corrected chi connectivity index (χ4v) is 19.2. The number of hydrogen-bond donors (Lipinski definition) is 0. The van der Waals surface area contributed by atoms with Gasteiger partial charge >= 0.3 is 0 Å². The van der Waals surface area contributed by atoms with E-state index in [9.17, 15) is 0 Å². The van der Waals surface area contributed by atoms with Gasteiger partial charge < -0.3 is 18.3 Å². The monoisotopic (exact) mass is 1480 g/mol. The topological polar surface area (TPSA) is 81.1 Å². The van der Waals surface area contributed by atoms with E-state index < -0.39 is 0 Å². The smallest absolute Gasteiger partial charge is 0.235 e. The van der Waals surface area contributed by atoms with E-state index in [2.05, 4.69) is 416 Å². The Hall–Kier alpha value is -15.8. The lowest BCUT2D eigenvalue weighted by atomic mass is 9.98.